The number of nitrogens with one attached hydrogen (secondary N) is 1. The van der Waals surface area contributed by atoms with Crippen LogP contribution in [0.4, 0.5) is 0 Å². The molecule has 0 saturated carbocycles. The molecule has 0 aromatic heterocycles. The normalized spacial score (nSPS) is 19.7. The Morgan fingerprint density at radius 1 is 1.24 bits per heavy atom. The third-order valence-corrected chi connectivity index (χ3v) is 7.10. The molecule has 2 amide bonds. The van der Waals surface area contributed by atoms with Crippen molar-refractivity contribution in [1.82, 2.24) is 10.2 Å². The van der Waals surface area contributed by atoms with Gasteiger partial charge in [-0.15, -0.1) is 11.8 Å². The van der Waals surface area contributed by atoms with Gasteiger partial charge < -0.3 is 29.2 Å². The van der Waals surface area contributed by atoms with E-state index in [-0.39, 0.29) is 116 Å². The maximum Gasteiger partial charge on any atom is 1.00 e. The van der Waals surface area contributed by atoms with Gasteiger partial charge in [0.25, 0.3) is 5.91 Å². The van der Waals surface area contributed by atoms with E-state index in [0.29, 0.717) is 0 Å². The first-order valence-corrected chi connectivity index (χ1v) is 11.6. The van der Waals surface area contributed by atoms with Crippen molar-refractivity contribution in [3.8, 4) is 0 Å². The summed E-state index contributed by atoms with van der Waals surface area (Å²) < 4.78 is 16.8. The zero-order valence-corrected chi connectivity index (χ0v) is 26.8. The molecule has 1 saturated heterocycles. The topological polar surface area (TPSA) is 171 Å². The molecular weight excluding hydrogens is 520 g/mol. The van der Waals surface area contributed by atoms with Crippen molar-refractivity contribution in [3.63, 3.8) is 0 Å². The van der Waals surface area contributed by atoms with Crippen LogP contribution in [0.5, 0.6) is 0 Å². The molecule has 2 aliphatic rings. The fourth-order valence-electron chi connectivity index (χ4n) is 3.34. The van der Waals surface area contributed by atoms with Crippen LogP contribution in [0.1, 0.15) is 22.7 Å². The van der Waals surface area contributed by atoms with E-state index in [9.17, 15) is 38.6 Å². The van der Waals surface area contributed by atoms with Crippen LogP contribution in [-0.2, 0) is 28.5 Å². The largest absolute Gasteiger partial charge is 1.00 e. The molecular formula is C18H22N2Na3O9PS. The van der Waals surface area contributed by atoms with E-state index in [0.717, 1.165) is 23.6 Å². The SMILES string of the molecule is CC(=O)OCC1=C(P(=O)(O)O)N2C(=O)[C@@H](NC(=O)C(C(=O)O)c3ccccc3)[C@H]2SC1.[H-].[H-].[H-].[Na+].[Na+].[Na+]. The zero-order chi connectivity index (χ0) is 22.9. The Hall–Kier alpha value is 0.340. The average molecular weight is 542 g/mol. The summed E-state index contributed by atoms with van der Waals surface area (Å²) in [6, 6.07) is 6.60. The second-order valence-corrected chi connectivity index (χ2v) is 9.45. The summed E-state index contributed by atoms with van der Waals surface area (Å²) in [4.78, 5) is 68.3. The molecule has 0 spiro atoms. The number of carbonyl (C=O) groups is 4. The number of thioether (sulfide) groups is 1. The average Bonchev–Trinajstić information content (AvgIpc) is 2.69. The first-order chi connectivity index (χ1) is 14.5. The van der Waals surface area contributed by atoms with E-state index in [4.69, 9.17) is 4.74 Å². The van der Waals surface area contributed by atoms with Gasteiger partial charge in [-0.1, -0.05) is 30.3 Å². The van der Waals surface area contributed by atoms with Gasteiger partial charge in [0.15, 0.2) is 5.92 Å². The van der Waals surface area contributed by atoms with Crippen LogP contribution in [0.2, 0.25) is 0 Å². The molecule has 34 heavy (non-hydrogen) atoms. The number of hydrogen-bond acceptors (Lipinski definition) is 7. The minimum atomic E-state index is -4.91. The van der Waals surface area contributed by atoms with Gasteiger partial charge in [0.2, 0.25) is 5.91 Å². The van der Waals surface area contributed by atoms with E-state index in [1.54, 1.807) is 18.2 Å². The van der Waals surface area contributed by atoms with Crippen LogP contribution >= 0.6 is 19.4 Å². The summed E-state index contributed by atoms with van der Waals surface area (Å²) >= 11 is 1.11. The summed E-state index contributed by atoms with van der Waals surface area (Å²) in [5.41, 5.74) is -0.228. The van der Waals surface area contributed by atoms with Crippen molar-refractivity contribution >= 4 is 43.1 Å². The molecule has 0 radical (unpaired) electrons. The molecule has 4 N–H and O–H groups in total. The quantitative estimate of drug-likeness (QED) is 0.0853. The molecule has 0 aliphatic carbocycles. The fraction of sp³-hybridized carbons (Fsp3) is 0.333. The monoisotopic (exact) mass is 542 g/mol. The number of benzene rings is 1. The van der Waals surface area contributed by atoms with E-state index in [2.05, 4.69) is 5.32 Å². The Bertz CT molecular complexity index is 1040. The Labute approximate surface area is 270 Å². The molecule has 1 aromatic rings. The molecule has 3 atom stereocenters. The zero-order valence-electron chi connectivity index (χ0n) is 22.1. The van der Waals surface area contributed by atoms with Crippen LogP contribution in [0, 0.1) is 0 Å². The molecule has 1 unspecified atom stereocenters. The van der Waals surface area contributed by atoms with E-state index in [1.807, 2.05) is 0 Å². The fourth-order valence-corrected chi connectivity index (χ4v) is 5.91. The second kappa shape index (κ2) is 14.3. The number of nitrogens with zero attached hydrogens (tertiary/aromatic N) is 1. The van der Waals surface area contributed by atoms with Crippen molar-refractivity contribution in [1.29, 1.82) is 0 Å². The van der Waals surface area contributed by atoms with Gasteiger partial charge in [0.1, 0.15) is 23.5 Å². The molecule has 2 aliphatic heterocycles. The number of rotatable bonds is 7. The van der Waals surface area contributed by atoms with Gasteiger partial charge in [-0.3, -0.25) is 28.6 Å². The smallest absolute Gasteiger partial charge is 1.00 e. The number of carboxylic acid groups (broad SMARTS) is 1. The van der Waals surface area contributed by atoms with Gasteiger partial charge in [-0.05, 0) is 5.56 Å². The first-order valence-electron chi connectivity index (χ1n) is 8.96. The Balaban J connectivity index is -0.000000907. The predicted molar refractivity (Wildman–Crippen MR) is 111 cm³/mol. The Morgan fingerprint density at radius 3 is 2.32 bits per heavy atom. The molecule has 172 valence electrons. The van der Waals surface area contributed by atoms with Gasteiger partial charge in [0.05, 0.1) is 0 Å². The Morgan fingerprint density at radius 2 is 1.82 bits per heavy atom. The number of esters is 1. The number of hydrogen-bond donors (Lipinski definition) is 4. The number of carboxylic acids is 1. The number of β-lactam (4-membered cyclic amide) rings is 1. The number of amides is 2. The van der Waals surface area contributed by atoms with Crippen LogP contribution in [0.25, 0.3) is 0 Å². The van der Waals surface area contributed by atoms with Gasteiger partial charge >= 0.3 is 108 Å². The third-order valence-electron chi connectivity index (χ3n) is 4.68. The van der Waals surface area contributed by atoms with Crippen LogP contribution in [-0.4, -0.2) is 67.3 Å². The van der Waals surface area contributed by atoms with Crippen molar-refractivity contribution in [2.75, 3.05) is 12.4 Å². The van der Waals surface area contributed by atoms with E-state index in [1.165, 1.54) is 12.1 Å². The van der Waals surface area contributed by atoms with Crippen molar-refractivity contribution in [3.05, 3.63) is 46.9 Å². The number of fused-ring (bicyclic) bond motifs is 1. The first kappa shape index (κ1) is 34.3. The number of ether oxygens (including phenoxy) is 1. The van der Waals surface area contributed by atoms with Gasteiger partial charge in [-0.25, -0.2) is 0 Å². The molecule has 1 fully saturated rings. The minimum Gasteiger partial charge on any atom is -1.00 e. The van der Waals surface area contributed by atoms with E-state index >= 15 is 0 Å². The van der Waals surface area contributed by atoms with Crippen molar-refractivity contribution in [2.45, 2.75) is 24.3 Å². The second-order valence-electron chi connectivity index (χ2n) is 6.83. The molecule has 11 nitrogen and oxygen atoms in total. The maximum atomic E-state index is 12.7. The molecule has 2 heterocycles. The summed E-state index contributed by atoms with van der Waals surface area (Å²) in [6.45, 7) is 0.758. The van der Waals surface area contributed by atoms with Crippen molar-refractivity contribution in [2.24, 2.45) is 0 Å². The summed E-state index contributed by atoms with van der Waals surface area (Å²) in [5, 5.41) is 11.0. The minimum absolute atomic E-state index is 0. The van der Waals surface area contributed by atoms with Crippen molar-refractivity contribution < 1.29 is 136 Å². The summed E-state index contributed by atoms with van der Waals surface area (Å²) in [6.07, 6.45) is 0. The molecule has 0 bridgehead atoms. The Kier molecular flexibility index (Phi) is 14.5. The predicted octanol–water partition coefficient (Wildman–Crippen LogP) is -8.44. The molecule has 16 heteroatoms. The molecule has 1 aromatic carbocycles. The van der Waals surface area contributed by atoms with Gasteiger partial charge in [0, 0.05) is 18.2 Å². The summed E-state index contributed by atoms with van der Waals surface area (Å²) in [7, 11) is -4.91. The standard InChI is InChI=1S/C18H19N2O9PS.3Na.3H/c1-9(21)29-7-11-8-31-17-13(15(23)20(17)16(11)30(26,27)28)19-14(22)12(18(24)25)10-5-3-2-4-6-10;;;;;;/h2-6,12-13,17H,7-8H2,1H3,(H,19,22)(H,24,25)(H2,26,27,28);;;;;;/q;3*+1;3*-1/t12?,13-,17-;;;;;;/m1....../s1. The maximum absolute atomic E-state index is 12.7. The van der Waals surface area contributed by atoms with Crippen LogP contribution in [0.15, 0.2) is 41.3 Å². The van der Waals surface area contributed by atoms with Gasteiger partial charge in [-0.2, -0.15) is 0 Å². The third kappa shape index (κ3) is 7.67. The van der Waals surface area contributed by atoms with Crippen LogP contribution < -0.4 is 94.0 Å². The molecule has 3 rings (SSSR count). The summed E-state index contributed by atoms with van der Waals surface area (Å²) in [5.74, 6) is -5.25. The van der Waals surface area contributed by atoms with Crippen LogP contribution in [0.3, 0.4) is 0 Å². The van der Waals surface area contributed by atoms with E-state index < -0.39 is 54.1 Å². The number of carbonyl (C=O) groups excluding carboxylic acids is 3. The number of aliphatic carboxylic acids is 1.